The maximum Gasteiger partial charge on any atom is 0.299 e. The van der Waals surface area contributed by atoms with Gasteiger partial charge in [-0.1, -0.05) is 35.9 Å². The van der Waals surface area contributed by atoms with Crippen LogP contribution in [-0.4, -0.2) is 22.3 Å². The molecule has 174 valence electrons. The quantitative estimate of drug-likeness (QED) is 0.186. The van der Waals surface area contributed by atoms with Crippen LogP contribution in [0.15, 0.2) is 60.0 Å². The summed E-state index contributed by atoms with van der Waals surface area (Å²) in [6, 6.07) is 16.5. The van der Waals surface area contributed by atoms with Gasteiger partial charge in [-0.05, 0) is 60.9 Å². The Bertz CT molecular complexity index is 1580. The van der Waals surface area contributed by atoms with Crippen LogP contribution < -0.4 is 4.74 Å². The predicted molar refractivity (Wildman–Crippen MR) is 141 cm³/mol. The monoisotopic (exact) mass is 519 g/mol. The number of nitrogens with zero attached hydrogens (tertiary/aromatic N) is 1. The van der Waals surface area contributed by atoms with Crippen LogP contribution in [0.2, 0.25) is 5.02 Å². The van der Waals surface area contributed by atoms with Gasteiger partial charge in [0.25, 0.3) is 6.47 Å². The largest absolute Gasteiger partial charge is 0.508 e. The minimum absolute atomic E-state index is 0.0768. The van der Waals surface area contributed by atoms with Gasteiger partial charge in [0.05, 0.1) is 10.3 Å². The van der Waals surface area contributed by atoms with E-state index in [1.165, 1.54) is 22.7 Å². The van der Waals surface area contributed by atoms with Gasteiger partial charge in [0.1, 0.15) is 10.8 Å². The van der Waals surface area contributed by atoms with Crippen LogP contribution in [0.4, 0.5) is 0 Å². The zero-order valence-corrected chi connectivity index (χ0v) is 21.1. The van der Waals surface area contributed by atoms with Gasteiger partial charge in [-0.25, -0.2) is 4.98 Å². The summed E-state index contributed by atoms with van der Waals surface area (Å²) in [5.41, 5.74) is 4.83. The number of fused-ring (bicyclic) bond motifs is 1. The average Bonchev–Trinajstić information content (AvgIpc) is 3.43. The molecular formula is C27H18ClNO4S2. The molecule has 0 aliphatic heterocycles. The van der Waals surface area contributed by atoms with Gasteiger partial charge in [0.2, 0.25) is 11.7 Å². The van der Waals surface area contributed by atoms with Crippen LogP contribution in [0.3, 0.4) is 0 Å². The first-order valence-corrected chi connectivity index (χ1v) is 12.7. The van der Waals surface area contributed by atoms with Crippen molar-refractivity contribution >= 4 is 56.6 Å². The fourth-order valence-corrected chi connectivity index (χ4v) is 6.46. The summed E-state index contributed by atoms with van der Waals surface area (Å²) < 4.78 is 5.64. The molecule has 0 spiro atoms. The number of aromatic hydroxyl groups is 1. The first kappa shape index (κ1) is 23.2. The Balaban J connectivity index is 1.64. The maximum atomic E-state index is 13.9. The number of benzene rings is 3. The molecule has 0 unspecified atom stereocenters. The molecule has 0 atom stereocenters. The highest BCUT2D eigenvalue weighted by atomic mass is 35.5. The Labute approximate surface area is 214 Å². The van der Waals surface area contributed by atoms with Crippen molar-refractivity contribution in [3.63, 3.8) is 0 Å². The smallest absolute Gasteiger partial charge is 0.299 e. The van der Waals surface area contributed by atoms with Gasteiger partial charge in [0, 0.05) is 31.8 Å². The number of aromatic nitrogens is 1. The molecule has 2 aromatic heterocycles. The van der Waals surface area contributed by atoms with Crippen molar-refractivity contribution in [2.24, 2.45) is 0 Å². The maximum absolute atomic E-state index is 13.9. The lowest BCUT2D eigenvalue weighted by Crippen LogP contribution is -2.06. The highest BCUT2D eigenvalue weighted by Crippen LogP contribution is 2.42. The molecule has 0 aliphatic rings. The van der Waals surface area contributed by atoms with E-state index in [9.17, 15) is 14.7 Å². The fraction of sp³-hybridized carbons (Fsp3) is 0.0741. The van der Waals surface area contributed by atoms with E-state index in [-0.39, 0.29) is 17.4 Å². The molecule has 0 bridgehead atoms. The topological polar surface area (TPSA) is 76.5 Å². The molecule has 0 saturated carbocycles. The van der Waals surface area contributed by atoms with Crippen molar-refractivity contribution in [1.29, 1.82) is 0 Å². The lowest BCUT2D eigenvalue weighted by atomic mass is 9.93. The zero-order chi connectivity index (χ0) is 24.7. The molecule has 35 heavy (non-hydrogen) atoms. The first-order chi connectivity index (χ1) is 16.9. The van der Waals surface area contributed by atoms with Gasteiger partial charge < -0.3 is 9.84 Å². The summed E-state index contributed by atoms with van der Waals surface area (Å²) in [4.78, 5) is 29.3. The number of phenolic OH excluding ortho intramolecular Hbond substituents is 1. The van der Waals surface area contributed by atoms with Crippen LogP contribution in [0.5, 0.6) is 11.6 Å². The number of thiophene rings is 1. The number of phenols is 1. The van der Waals surface area contributed by atoms with Crippen molar-refractivity contribution < 1.29 is 19.4 Å². The molecule has 5 aromatic rings. The van der Waals surface area contributed by atoms with E-state index in [0.717, 1.165) is 42.9 Å². The summed E-state index contributed by atoms with van der Waals surface area (Å²) in [7, 11) is 0. The highest BCUT2D eigenvalue weighted by Gasteiger charge is 2.24. The van der Waals surface area contributed by atoms with Crippen LogP contribution in [0.25, 0.3) is 31.8 Å². The predicted octanol–water partition coefficient (Wildman–Crippen LogP) is 7.43. The lowest BCUT2D eigenvalue weighted by molar-refractivity contribution is -0.120. The number of hydrogen-bond donors (Lipinski definition) is 1. The van der Waals surface area contributed by atoms with E-state index >= 15 is 0 Å². The standard InChI is InChI=1S/C27H18ClNO4S2/c1-14-9-18(28)10-15(2)23(14)25(32)26-24(20-8-7-19(31)11-21(20)35-26)16-3-5-17(6-4-16)27-29-22(12-34-27)33-13-30/h3-13,31H,1-2H3. The second kappa shape index (κ2) is 9.26. The number of carbonyl (C=O) groups is 2. The second-order valence-corrected chi connectivity index (χ2v) is 10.4. The molecule has 0 saturated heterocycles. The number of carbonyl (C=O) groups excluding carboxylic acids is 2. The van der Waals surface area contributed by atoms with Gasteiger partial charge in [0.15, 0.2) is 0 Å². The summed E-state index contributed by atoms with van der Waals surface area (Å²) in [6.07, 6.45) is 0. The molecule has 0 fully saturated rings. The van der Waals surface area contributed by atoms with Gasteiger partial charge in [-0.15, -0.1) is 22.7 Å². The third-order valence-corrected chi connectivity index (χ3v) is 7.92. The Kier molecular flexibility index (Phi) is 6.15. The molecule has 0 aliphatic carbocycles. The van der Waals surface area contributed by atoms with Gasteiger partial charge in [-0.3, -0.25) is 9.59 Å². The fourth-order valence-electron chi connectivity index (χ4n) is 4.19. The van der Waals surface area contributed by atoms with Crippen molar-refractivity contribution in [3.8, 4) is 33.3 Å². The Morgan fingerprint density at radius 1 is 1.03 bits per heavy atom. The van der Waals surface area contributed by atoms with Crippen molar-refractivity contribution in [1.82, 2.24) is 4.98 Å². The molecule has 0 amide bonds. The number of hydrogen-bond acceptors (Lipinski definition) is 7. The summed E-state index contributed by atoms with van der Waals surface area (Å²) in [5, 5.41) is 13.9. The summed E-state index contributed by atoms with van der Waals surface area (Å²) in [5.74, 6) is 0.330. The van der Waals surface area contributed by atoms with Gasteiger partial charge in [-0.2, -0.15) is 0 Å². The van der Waals surface area contributed by atoms with Crippen molar-refractivity contribution in [3.05, 3.63) is 86.6 Å². The van der Waals surface area contributed by atoms with Crippen molar-refractivity contribution in [2.45, 2.75) is 13.8 Å². The van der Waals surface area contributed by atoms with Crippen LogP contribution in [-0.2, 0) is 4.79 Å². The van der Waals surface area contributed by atoms with E-state index in [2.05, 4.69) is 4.98 Å². The molecule has 8 heteroatoms. The van der Waals surface area contributed by atoms with E-state index in [1.54, 1.807) is 29.6 Å². The van der Waals surface area contributed by atoms with Crippen LogP contribution in [0.1, 0.15) is 26.4 Å². The van der Waals surface area contributed by atoms with E-state index in [1.807, 2.05) is 44.2 Å². The minimum Gasteiger partial charge on any atom is -0.508 e. The molecule has 1 N–H and O–H groups in total. The SMILES string of the molecule is Cc1cc(Cl)cc(C)c1C(=O)c1sc2cc(O)ccc2c1-c1ccc(-c2nc(OC=O)cs2)cc1. The van der Waals surface area contributed by atoms with E-state index in [4.69, 9.17) is 16.3 Å². The number of rotatable bonds is 6. The van der Waals surface area contributed by atoms with Gasteiger partial charge >= 0.3 is 0 Å². The third kappa shape index (κ3) is 4.34. The number of thiazole rings is 1. The molecule has 5 rings (SSSR count). The minimum atomic E-state index is -0.0768. The van der Waals surface area contributed by atoms with Crippen LogP contribution >= 0.6 is 34.3 Å². The molecule has 3 aromatic carbocycles. The average molecular weight is 520 g/mol. The van der Waals surface area contributed by atoms with Crippen LogP contribution in [0, 0.1) is 13.8 Å². The molecule has 0 radical (unpaired) electrons. The molecule has 5 nitrogen and oxygen atoms in total. The van der Waals surface area contributed by atoms with E-state index in [0.29, 0.717) is 21.9 Å². The number of halogens is 1. The number of ketones is 1. The Morgan fingerprint density at radius 2 is 1.71 bits per heavy atom. The normalized spacial score (nSPS) is 11.1. The summed E-state index contributed by atoms with van der Waals surface area (Å²) >= 11 is 8.94. The number of ether oxygens (including phenoxy) is 1. The highest BCUT2D eigenvalue weighted by molar-refractivity contribution is 7.21. The number of aryl methyl sites for hydroxylation is 2. The lowest BCUT2D eigenvalue weighted by Gasteiger charge is -2.11. The first-order valence-electron chi connectivity index (χ1n) is 10.6. The Hall–Kier alpha value is -3.52. The summed E-state index contributed by atoms with van der Waals surface area (Å²) in [6.45, 7) is 4.12. The Morgan fingerprint density at radius 3 is 2.40 bits per heavy atom. The van der Waals surface area contributed by atoms with Crippen molar-refractivity contribution in [2.75, 3.05) is 0 Å². The second-order valence-electron chi connectivity index (χ2n) is 8.01. The third-order valence-electron chi connectivity index (χ3n) is 5.68. The van der Waals surface area contributed by atoms with E-state index < -0.39 is 0 Å². The zero-order valence-electron chi connectivity index (χ0n) is 18.7. The molecular weight excluding hydrogens is 502 g/mol. The molecule has 2 heterocycles.